The van der Waals surface area contributed by atoms with Crippen molar-refractivity contribution in [1.82, 2.24) is 0 Å². The molecule has 178 valence electrons. The van der Waals surface area contributed by atoms with Gasteiger partial charge < -0.3 is 34.7 Å². The lowest BCUT2D eigenvalue weighted by Crippen LogP contribution is -3.00. The second-order valence-electron chi connectivity index (χ2n) is 6.55. The number of hydrogen-bond donors (Lipinski definition) is 1. The molecule has 0 saturated heterocycles. The van der Waals surface area contributed by atoms with Crippen LogP contribution in [0.3, 0.4) is 0 Å². The van der Waals surface area contributed by atoms with Gasteiger partial charge in [0, 0.05) is 48.5 Å². The fourth-order valence-corrected chi connectivity index (χ4v) is 3.11. The van der Waals surface area contributed by atoms with Crippen molar-refractivity contribution >= 4 is 12.4 Å². The first-order valence-corrected chi connectivity index (χ1v) is 9.21. The summed E-state index contributed by atoms with van der Waals surface area (Å²) in [6.45, 7) is 0.408. The largest absolute Gasteiger partial charge is 1.00 e. The van der Waals surface area contributed by atoms with Gasteiger partial charge in [0.1, 0.15) is 5.75 Å². The first kappa shape index (κ1) is 30.3. The normalized spacial score (nSPS) is 9.18. The van der Waals surface area contributed by atoms with Gasteiger partial charge in [0.15, 0.2) is 24.8 Å². The third-order valence-electron chi connectivity index (χ3n) is 4.72. The average molecular weight is 501 g/mol. The summed E-state index contributed by atoms with van der Waals surface area (Å²) < 4.78 is 8.72. The van der Waals surface area contributed by atoms with Crippen LogP contribution in [0, 0.1) is 0 Å². The molecule has 0 unspecified atom stereocenters. The Hall–Kier alpha value is -3.74. The molecule has 0 atom stereocenters. The quantitative estimate of drug-likeness (QED) is 0.256. The number of carboxylic acids is 1. The molecule has 34 heavy (non-hydrogen) atoms. The van der Waals surface area contributed by atoms with E-state index in [9.17, 15) is 9.59 Å². The van der Waals surface area contributed by atoms with Crippen LogP contribution < -0.4 is 38.7 Å². The highest BCUT2D eigenvalue weighted by molar-refractivity contribution is 5.87. The predicted octanol–water partition coefficient (Wildman–Crippen LogP) is -1.58. The Morgan fingerprint density at radius 2 is 1.06 bits per heavy atom. The second kappa shape index (κ2) is 13.7. The maximum atomic E-state index is 11.0. The van der Waals surface area contributed by atoms with Gasteiger partial charge in [0.25, 0.3) is 6.47 Å². The van der Waals surface area contributed by atoms with Gasteiger partial charge in [0.05, 0.1) is 5.56 Å². The maximum Gasteiger partial charge on any atom is 0.335 e. The van der Waals surface area contributed by atoms with E-state index in [1.54, 1.807) is 36.4 Å². The molecule has 0 bridgehead atoms. The van der Waals surface area contributed by atoms with Crippen LogP contribution in [0.15, 0.2) is 97.6 Å². The number of ether oxygens (including phenoxy) is 1. The number of aromatic nitrogens is 2. The van der Waals surface area contributed by atoms with Crippen LogP contribution in [0.5, 0.6) is 5.75 Å². The third-order valence-corrected chi connectivity index (χ3v) is 4.72. The summed E-state index contributed by atoms with van der Waals surface area (Å²) in [5.74, 6) is -0.436. The zero-order chi connectivity index (χ0) is 20.9. The van der Waals surface area contributed by atoms with Gasteiger partial charge in [-0.15, -0.1) is 0 Å². The van der Waals surface area contributed by atoms with E-state index in [0.717, 1.165) is 22.5 Å². The van der Waals surface area contributed by atoms with E-state index in [1.165, 1.54) is 0 Å². The van der Waals surface area contributed by atoms with Crippen LogP contribution in [0.1, 0.15) is 25.2 Å². The first-order valence-electron chi connectivity index (χ1n) is 9.21. The molecule has 0 radical (unpaired) electrons. The molecule has 8 heteroatoms. The molecule has 0 fully saturated rings. The number of carbonyl (C=O) groups is 2. The number of rotatable bonds is 6. The standard InChI is InChI=1S/C24H17N2O4.2CH4.2ClH/c27-17-30-23-7-5-22(6-8-23)26-15-11-19(12-16-26)18-9-13-25(14-10-18)21-3-1-20(2-4-21)24(28)29;;;;/h1-17H;2*1H4;2*1H/q+1;;;;/p-1. The smallest absolute Gasteiger partial charge is 0.335 e. The Kier molecular flexibility index (Phi) is 12.2. The van der Waals surface area contributed by atoms with Gasteiger partial charge in [-0.2, -0.15) is 9.13 Å². The fraction of sp³-hybridized carbons (Fsp3) is 0.0769. The van der Waals surface area contributed by atoms with Crippen LogP contribution in [0.2, 0.25) is 0 Å². The monoisotopic (exact) mass is 500 g/mol. The zero-order valence-corrected chi connectivity index (χ0v) is 18.1. The molecule has 2 aromatic heterocycles. The minimum atomic E-state index is -0.937. The van der Waals surface area contributed by atoms with Gasteiger partial charge in [-0.1, -0.05) is 14.9 Å². The molecule has 4 rings (SSSR count). The van der Waals surface area contributed by atoms with Crippen LogP contribution in [-0.2, 0) is 4.79 Å². The maximum absolute atomic E-state index is 11.0. The van der Waals surface area contributed by atoms with Crippen molar-refractivity contribution in [1.29, 1.82) is 0 Å². The highest BCUT2D eigenvalue weighted by Gasteiger charge is 2.11. The van der Waals surface area contributed by atoms with Gasteiger partial charge in [-0.25, -0.2) is 4.79 Å². The fourth-order valence-electron chi connectivity index (χ4n) is 3.11. The van der Waals surface area contributed by atoms with Gasteiger partial charge in [-0.3, -0.25) is 4.79 Å². The molecule has 0 saturated carbocycles. The van der Waals surface area contributed by atoms with Crippen LogP contribution >= 0.6 is 0 Å². The summed E-state index contributed by atoms with van der Waals surface area (Å²) >= 11 is 0. The number of hydrogen-bond acceptors (Lipinski definition) is 3. The molecule has 0 amide bonds. The van der Waals surface area contributed by atoms with E-state index in [1.807, 2.05) is 70.3 Å². The van der Waals surface area contributed by atoms with Crippen molar-refractivity contribution in [3.63, 3.8) is 0 Å². The number of carboxylic acid groups (broad SMARTS) is 1. The number of halogens is 2. The second-order valence-corrected chi connectivity index (χ2v) is 6.55. The van der Waals surface area contributed by atoms with Crippen molar-refractivity contribution < 1.29 is 53.4 Å². The van der Waals surface area contributed by atoms with Crippen LogP contribution in [0.25, 0.3) is 22.5 Å². The Labute approximate surface area is 211 Å². The number of carbonyl (C=O) groups excluding carboxylic acids is 1. The van der Waals surface area contributed by atoms with Gasteiger partial charge in [0.2, 0.25) is 11.4 Å². The van der Waals surface area contributed by atoms with Crippen molar-refractivity contribution in [2.24, 2.45) is 0 Å². The van der Waals surface area contributed by atoms with Crippen LogP contribution in [0.4, 0.5) is 0 Å². The summed E-state index contributed by atoms with van der Waals surface area (Å²) in [6, 6.07) is 22.0. The lowest BCUT2D eigenvalue weighted by Gasteiger charge is -2.02. The minimum Gasteiger partial charge on any atom is -1.00 e. The van der Waals surface area contributed by atoms with Crippen molar-refractivity contribution in [3.05, 3.63) is 103 Å². The molecule has 0 aliphatic rings. The Morgan fingerprint density at radius 3 is 1.41 bits per heavy atom. The molecule has 0 spiro atoms. The highest BCUT2D eigenvalue weighted by atomic mass is 35.5. The molecule has 6 nitrogen and oxygen atoms in total. The van der Waals surface area contributed by atoms with E-state index in [4.69, 9.17) is 9.84 Å². The predicted molar refractivity (Wildman–Crippen MR) is 122 cm³/mol. The summed E-state index contributed by atoms with van der Waals surface area (Å²) in [7, 11) is 0. The summed E-state index contributed by atoms with van der Waals surface area (Å²) in [4.78, 5) is 21.4. The van der Waals surface area contributed by atoms with Gasteiger partial charge in [-0.05, 0) is 35.4 Å². The van der Waals surface area contributed by atoms with Crippen molar-refractivity contribution in [2.75, 3.05) is 0 Å². The van der Waals surface area contributed by atoms with E-state index in [2.05, 4.69) is 0 Å². The molecule has 0 aliphatic carbocycles. The van der Waals surface area contributed by atoms with E-state index in [0.29, 0.717) is 12.2 Å². The first-order chi connectivity index (χ1) is 14.6. The lowest BCUT2D eigenvalue weighted by molar-refractivity contribution is -0.596. The SMILES string of the molecule is C.C.O=COc1ccc(-[n+]2ccc(-c3cc[n+](-c4ccc(C(=O)O)cc4)cc3)cc2)cc1.[Cl-].[Cl-]. The van der Waals surface area contributed by atoms with E-state index < -0.39 is 5.97 Å². The van der Waals surface area contributed by atoms with Gasteiger partial charge >= 0.3 is 5.97 Å². The Balaban J connectivity index is 0.00000272. The minimum absolute atomic E-state index is 0. The molecule has 2 aromatic carbocycles. The molecule has 1 N–H and O–H groups in total. The molecule has 2 heterocycles. The number of benzene rings is 2. The Morgan fingerprint density at radius 1 is 0.676 bits per heavy atom. The van der Waals surface area contributed by atoms with Crippen molar-refractivity contribution in [2.45, 2.75) is 14.9 Å². The number of nitrogens with zero attached hydrogens (tertiary/aromatic N) is 2. The third kappa shape index (κ3) is 6.88. The zero-order valence-electron chi connectivity index (χ0n) is 16.6. The molecular weight excluding hydrogens is 475 g/mol. The molecular formula is C26H26Cl2N2O4. The lowest BCUT2D eigenvalue weighted by atomic mass is 10.1. The highest BCUT2D eigenvalue weighted by Crippen LogP contribution is 2.17. The Bertz CT molecular complexity index is 1180. The van der Waals surface area contributed by atoms with Crippen molar-refractivity contribution in [3.8, 4) is 28.3 Å². The number of aromatic carboxylic acids is 1. The molecule has 4 aromatic rings. The average Bonchev–Trinajstić information content (AvgIpc) is 2.80. The van der Waals surface area contributed by atoms with E-state index in [-0.39, 0.29) is 45.2 Å². The summed E-state index contributed by atoms with van der Waals surface area (Å²) in [5.41, 5.74) is 4.24. The summed E-state index contributed by atoms with van der Waals surface area (Å²) in [6.07, 6.45) is 7.82. The number of pyridine rings is 2. The molecule has 0 aliphatic heterocycles. The van der Waals surface area contributed by atoms with E-state index >= 15 is 0 Å². The van der Waals surface area contributed by atoms with Crippen LogP contribution in [-0.4, -0.2) is 17.5 Å². The topological polar surface area (TPSA) is 71.4 Å². The summed E-state index contributed by atoms with van der Waals surface area (Å²) in [5, 5.41) is 9.01.